The summed E-state index contributed by atoms with van der Waals surface area (Å²) in [5.74, 6) is 0.262. The van der Waals surface area contributed by atoms with Gasteiger partial charge in [0.1, 0.15) is 5.52 Å². The molecular formula is C15H20N2O3S. The van der Waals surface area contributed by atoms with E-state index in [1.165, 1.54) is 37.1 Å². The average Bonchev–Trinajstić information content (AvgIpc) is 2.88. The van der Waals surface area contributed by atoms with Gasteiger partial charge in [-0.05, 0) is 43.0 Å². The first-order valence-corrected chi connectivity index (χ1v) is 8.47. The lowest BCUT2D eigenvalue weighted by atomic mass is 10.2. The van der Waals surface area contributed by atoms with Crippen molar-refractivity contribution in [2.75, 3.05) is 23.9 Å². The van der Waals surface area contributed by atoms with Gasteiger partial charge in [-0.2, -0.15) is 16.7 Å². The van der Waals surface area contributed by atoms with Crippen LogP contribution in [0.1, 0.15) is 36.0 Å². The van der Waals surface area contributed by atoms with E-state index in [9.17, 15) is 4.79 Å². The Bertz CT molecular complexity index is 598. The van der Waals surface area contributed by atoms with Crippen molar-refractivity contribution in [1.29, 1.82) is 0 Å². The topological polar surface area (TPSA) is 75.4 Å². The van der Waals surface area contributed by atoms with E-state index < -0.39 is 5.97 Å². The molecule has 2 aromatic rings. The highest BCUT2D eigenvalue weighted by Gasteiger charge is 2.09. The van der Waals surface area contributed by atoms with Crippen molar-refractivity contribution < 1.29 is 14.3 Å². The number of hydrogen-bond donors (Lipinski definition) is 2. The van der Waals surface area contributed by atoms with Gasteiger partial charge in [-0.25, -0.2) is 4.79 Å². The molecule has 2 rings (SSSR count). The fraction of sp³-hybridized carbons (Fsp3) is 0.467. The van der Waals surface area contributed by atoms with Gasteiger partial charge in [0.25, 0.3) is 6.01 Å². The lowest BCUT2D eigenvalue weighted by Crippen LogP contribution is -2.01. The van der Waals surface area contributed by atoms with Crippen molar-refractivity contribution in [1.82, 2.24) is 4.98 Å². The number of nitrogens with zero attached hydrogens (tertiary/aromatic N) is 1. The zero-order valence-electron chi connectivity index (χ0n) is 12.1. The second kappa shape index (κ2) is 7.93. The number of fused-ring (bicyclic) bond motifs is 1. The van der Waals surface area contributed by atoms with Gasteiger partial charge in [-0.3, -0.25) is 0 Å². The smallest absolute Gasteiger partial charge is 0.335 e. The summed E-state index contributed by atoms with van der Waals surface area (Å²) in [6.07, 6.45) is 6.91. The molecule has 0 unspecified atom stereocenters. The molecule has 0 atom stereocenters. The van der Waals surface area contributed by atoms with Crippen molar-refractivity contribution in [2.24, 2.45) is 0 Å². The summed E-state index contributed by atoms with van der Waals surface area (Å²) in [7, 11) is 0. The summed E-state index contributed by atoms with van der Waals surface area (Å²) in [6.45, 7) is 0.817. The van der Waals surface area contributed by atoms with Crippen LogP contribution in [0.4, 0.5) is 6.01 Å². The fourth-order valence-electron chi connectivity index (χ4n) is 2.05. The first-order chi connectivity index (χ1) is 10.2. The van der Waals surface area contributed by atoms with E-state index in [4.69, 9.17) is 9.52 Å². The van der Waals surface area contributed by atoms with Crippen LogP contribution in [0.3, 0.4) is 0 Å². The second-order valence-electron chi connectivity index (χ2n) is 4.84. The monoisotopic (exact) mass is 308 g/mol. The number of nitrogens with one attached hydrogen (secondary N) is 1. The van der Waals surface area contributed by atoms with Crippen LogP contribution in [-0.4, -0.2) is 34.6 Å². The van der Waals surface area contributed by atoms with Crippen LogP contribution in [-0.2, 0) is 0 Å². The number of anilines is 1. The molecular weight excluding hydrogens is 288 g/mol. The number of thioether (sulfide) groups is 1. The third-order valence-electron chi connectivity index (χ3n) is 3.19. The molecule has 5 nitrogen and oxygen atoms in total. The van der Waals surface area contributed by atoms with E-state index in [1.807, 2.05) is 11.8 Å². The van der Waals surface area contributed by atoms with Crippen LogP contribution in [0.25, 0.3) is 11.1 Å². The minimum atomic E-state index is -0.965. The molecule has 0 bridgehead atoms. The highest BCUT2D eigenvalue weighted by atomic mass is 32.2. The molecule has 1 heterocycles. The number of benzene rings is 1. The summed E-state index contributed by atoms with van der Waals surface area (Å²) in [5.41, 5.74) is 1.37. The van der Waals surface area contributed by atoms with E-state index in [0.717, 1.165) is 13.0 Å². The molecule has 114 valence electrons. The van der Waals surface area contributed by atoms with Gasteiger partial charge in [0, 0.05) is 6.54 Å². The molecule has 0 saturated heterocycles. The van der Waals surface area contributed by atoms with Crippen LogP contribution < -0.4 is 5.32 Å². The van der Waals surface area contributed by atoms with Gasteiger partial charge in [-0.1, -0.05) is 12.8 Å². The molecule has 0 spiro atoms. The number of carboxylic acids is 1. The number of carbonyl (C=O) groups is 1. The number of rotatable bonds is 9. The Balaban J connectivity index is 1.81. The Morgan fingerprint density at radius 1 is 1.33 bits per heavy atom. The predicted octanol–water partition coefficient (Wildman–Crippen LogP) is 3.86. The molecule has 2 N–H and O–H groups in total. The predicted molar refractivity (Wildman–Crippen MR) is 86.3 cm³/mol. The number of hydrogen-bond acceptors (Lipinski definition) is 5. The molecule has 21 heavy (non-hydrogen) atoms. The summed E-state index contributed by atoms with van der Waals surface area (Å²) in [5, 5.41) is 12.1. The quantitative estimate of drug-likeness (QED) is 0.685. The maximum Gasteiger partial charge on any atom is 0.335 e. The minimum Gasteiger partial charge on any atom is -0.478 e. The molecule has 0 aliphatic heterocycles. The minimum absolute atomic E-state index is 0.207. The van der Waals surface area contributed by atoms with E-state index in [-0.39, 0.29) is 5.56 Å². The van der Waals surface area contributed by atoms with Gasteiger partial charge in [0.2, 0.25) is 0 Å². The SMILES string of the molecule is CSCCCCCCNc1nc2ccc(C(=O)O)cc2o1. The maximum atomic E-state index is 10.9. The van der Waals surface area contributed by atoms with E-state index in [1.54, 1.807) is 6.07 Å². The largest absolute Gasteiger partial charge is 0.478 e. The Kier molecular flexibility index (Phi) is 5.92. The molecule has 0 aliphatic carbocycles. The van der Waals surface area contributed by atoms with E-state index in [2.05, 4.69) is 16.6 Å². The number of oxazole rings is 1. The van der Waals surface area contributed by atoms with Crippen molar-refractivity contribution in [3.05, 3.63) is 23.8 Å². The summed E-state index contributed by atoms with van der Waals surface area (Å²) < 4.78 is 5.52. The molecule has 6 heteroatoms. The summed E-state index contributed by atoms with van der Waals surface area (Å²) in [4.78, 5) is 15.2. The zero-order valence-corrected chi connectivity index (χ0v) is 12.9. The standard InChI is InChI=1S/C15H20N2O3S/c1-21-9-5-3-2-4-8-16-15-17-12-7-6-11(14(18)19)10-13(12)20-15/h6-7,10H,2-5,8-9H2,1H3,(H,16,17)(H,18,19). The van der Waals surface area contributed by atoms with Gasteiger partial charge < -0.3 is 14.8 Å². The Morgan fingerprint density at radius 3 is 2.90 bits per heavy atom. The van der Waals surface area contributed by atoms with Crippen LogP contribution in [0.2, 0.25) is 0 Å². The molecule has 0 radical (unpaired) electrons. The summed E-state index contributed by atoms with van der Waals surface area (Å²) >= 11 is 1.89. The van der Waals surface area contributed by atoms with Gasteiger partial charge in [-0.15, -0.1) is 0 Å². The van der Waals surface area contributed by atoms with Crippen LogP contribution in [0.15, 0.2) is 22.6 Å². The van der Waals surface area contributed by atoms with Gasteiger partial charge >= 0.3 is 5.97 Å². The molecule has 0 saturated carbocycles. The van der Waals surface area contributed by atoms with Gasteiger partial charge in [0.15, 0.2) is 5.58 Å². The number of carboxylic acid groups (broad SMARTS) is 1. The van der Waals surface area contributed by atoms with E-state index >= 15 is 0 Å². The molecule has 0 amide bonds. The van der Waals surface area contributed by atoms with Crippen molar-refractivity contribution in [2.45, 2.75) is 25.7 Å². The molecule has 0 aliphatic rings. The number of aromatic carboxylic acids is 1. The summed E-state index contributed by atoms with van der Waals surface area (Å²) in [6, 6.07) is 5.15. The van der Waals surface area contributed by atoms with Crippen molar-refractivity contribution in [3.63, 3.8) is 0 Å². The van der Waals surface area contributed by atoms with Gasteiger partial charge in [0.05, 0.1) is 5.56 Å². The molecule has 1 aromatic carbocycles. The van der Waals surface area contributed by atoms with Crippen LogP contribution in [0, 0.1) is 0 Å². The number of unbranched alkanes of at least 4 members (excludes halogenated alkanes) is 3. The van der Waals surface area contributed by atoms with Crippen LogP contribution >= 0.6 is 11.8 Å². The van der Waals surface area contributed by atoms with E-state index in [0.29, 0.717) is 17.1 Å². The highest BCUT2D eigenvalue weighted by molar-refractivity contribution is 7.98. The lowest BCUT2D eigenvalue weighted by Gasteiger charge is -2.01. The fourth-order valence-corrected chi connectivity index (χ4v) is 2.55. The third-order valence-corrected chi connectivity index (χ3v) is 3.88. The Labute approximate surface area is 128 Å². The zero-order chi connectivity index (χ0) is 15.1. The van der Waals surface area contributed by atoms with Crippen LogP contribution in [0.5, 0.6) is 0 Å². The lowest BCUT2D eigenvalue weighted by molar-refractivity contribution is 0.0697. The molecule has 1 aromatic heterocycles. The number of aromatic nitrogens is 1. The second-order valence-corrected chi connectivity index (χ2v) is 5.83. The third kappa shape index (κ3) is 4.67. The van der Waals surface area contributed by atoms with Crippen molar-refractivity contribution in [3.8, 4) is 0 Å². The maximum absolute atomic E-state index is 10.9. The average molecular weight is 308 g/mol. The molecule has 0 fully saturated rings. The van der Waals surface area contributed by atoms with Crippen molar-refractivity contribution >= 4 is 34.8 Å². The Morgan fingerprint density at radius 2 is 2.14 bits per heavy atom. The normalized spacial score (nSPS) is 10.9. The first-order valence-electron chi connectivity index (χ1n) is 7.07. The Hall–Kier alpha value is -1.69. The first kappa shape index (κ1) is 15.7. The highest BCUT2D eigenvalue weighted by Crippen LogP contribution is 2.20.